The van der Waals surface area contributed by atoms with Crippen LogP contribution in [0.15, 0.2) is 53.4 Å². The number of nitrogens with one attached hydrogen (secondary N) is 1. The summed E-state index contributed by atoms with van der Waals surface area (Å²) in [5.41, 5.74) is 7.33. The first-order valence-electron chi connectivity index (χ1n) is 8.92. The van der Waals surface area contributed by atoms with Gasteiger partial charge in [-0.1, -0.05) is 36.8 Å². The normalized spacial score (nSPS) is 19.2. The Morgan fingerprint density at radius 3 is 2.43 bits per heavy atom. The summed E-state index contributed by atoms with van der Waals surface area (Å²) >= 11 is 0. The summed E-state index contributed by atoms with van der Waals surface area (Å²) < 4.78 is 28.0. The van der Waals surface area contributed by atoms with Crippen molar-refractivity contribution in [1.29, 1.82) is 0 Å². The molecule has 1 unspecified atom stereocenters. The zero-order chi connectivity index (χ0) is 19.7. The number of para-hydroxylation sites is 1. The summed E-state index contributed by atoms with van der Waals surface area (Å²) in [5.74, 6) is -0.186. The van der Waals surface area contributed by atoms with Crippen LogP contribution in [-0.4, -0.2) is 38.9 Å². The predicted octanol–water partition coefficient (Wildman–Crippen LogP) is 3.03. The number of hydrogen-bond donors (Lipinski definition) is 2. The van der Waals surface area contributed by atoms with Gasteiger partial charge in [0, 0.05) is 13.1 Å². The second kappa shape index (κ2) is 8.51. The van der Waals surface area contributed by atoms with Crippen LogP contribution in [0.5, 0.6) is 0 Å². The third kappa shape index (κ3) is 4.66. The highest BCUT2D eigenvalue weighted by Gasteiger charge is 2.35. The van der Waals surface area contributed by atoms with Crippen LogP contribution in [0.4, 0.5) is 5.69 Å². The average molecular weight is 424 g/mol. The van der Waals surface area contributed by atoms with E-state index in [4.69, 9.17) is 5.73 Å². The number of likely N-dealkylation sites (tertiary alicyclic amines) is 1. The zero-order valence-electron chi connectivity index (χ0n) is 16.0. The van der Waals surface area contributed by atoms with Crippen molar-refractivity contribution in [3.8, 4) is 0 Å². The van der Waals surface area contributed by atoms with E-state index in [2.05, 4.69) is 11.6 Å². The van der Waals surface area contributed by atoms with E-state index >= 15 is 0 Å². The summed E-state index contributed by atoms with van der Waals surface area (Å²) in [6, 6.07) is 13.3. The van der Waals surface area contributed by atoms with Crippen LogP contribution in [0, 0.1) is 12.3 Å². The lowest BCUT2D eigenvalue weighted by atomic mass is 9.90. The number of amides is 1. The number of anilines is 1. The average Bonchev–Trinajstić information content (AvgIpc) is 3.05. The van der Waals surface area contributed by atoms with Gasteiger partial charge in [-0.05, 0) is 49.6 Å². The summed E-state index contributed by atoms with van der Waals surface area (Å²) in [4.78, 5) is 14.9. The lowest BCUT2D eigenvalue weighted by Gasteiger charge is -2.23. The van der Waals surface area contributed by atoms with Crippen molar-refractivity contribution in [2.24, 2.45) is 11.1 Å². The largest absolute Gasteiger partial charge is 0.338 e. The Bertz CT molecular complexity index is 947. The van der Waals surface area contributed by atoms with Gasteiger partial charge in [0.2, 0.25) is 0 Å². The van der Waals surface area contributed by atoms with Crippen LogP contribution in [0.2, 0.25) is 0 Å². The van der Waals surface area contributed by atoms with Crippen LogP contribution in [0.25, 0.3) is 0 Å². The van der Waals surface area contributed by atoms with Crippen molar-refractivity contribution in [2.75, 3.05) is 24.4 Å². The number of carbonyl (C=O) groups is 1. The SMILES string of the molecule is Cc1ccc(S(=O)(=O)Nc2ccccc2C(=O)N2CCC(C)(CN)C2)cc1.Cl. The molecule has 3 rings (SSSR count). The Balaban J connectivity index is 0.00000280. The van der Waals surface area contributed by atoms with Crippen molar-refractivity contribution in [3.05, 3.63) is 59.7 Å². The summed E-state index contributed by atoms with van der Waals surface area (Å²) in [6.45, 7) is 5.65. The van der Waals surface area contributed by atoms with E-state index in [0.717, 1.165) is 12.0 Å². The maximum Gasteiger partial charge on any atom is 0.261 e. The Labute approximate surface area is 172 Å². The molecule has 1 aliphatic rings. The molecule has 0 aromatic heterocycles. The van der Waals surface area contributed by atoms with Crippen LogP contribution in [0.3, 0.4) is 0 Å². The number of benzene rings is 2. The summed E-state index contributed by atoms with van der Waals surface area (Å²) in [6.07, 6.45) is 0.840. The molecule has 0 bridgehead atoms. The van der Waals surface area contributed by atoms with E-state index in [0.29, 0.717) is 25.2 Å². The van der Waals surface area contributed by atoms with Crippen molar-refractivity contribution in [1.82, 2.24) is 4.90 Å². The first kappa shape index (κ1) is 22.2. The molecule has 0 spiro atoms. The molecule has 1 aliphatic heterocycles. The molecule has 3 N–H and O–H groups in total. The Kier molecular flexibility index (Phi) is 6.75. The topological polar surface area (TPSA) is 92.5 Å². The van der Waals surface area contributed by atoms with Gasteiger partial charge in [-0.3, -0.25) is 9.52 Å². The highest BCUT2D eigenvalue weighted by Crippen LogP contribution is 2.31. The van der Waals surface area contributed by atoms with Crippen LogP contribution < -0.4 is 10.5 Å². The van der Waals surface area contributed by atoms with Gasteiger partial charge < -0.3 is 10.6 Å². The minimum Gasteiger partial charge on any atom is -0.338 e. The minimum absolute atomic E-state index is 0. The molecule has 1 atom stereocenters. The summed E-state index contributed by atoms with van der Waals surface area (Å²) in [7, 11) is -3.78. The molecule has 1 heterocycles. The van der Waals surface area contributed by atoms with Crippen LogP contribution in [-0.2, 0) is 10.0 Å². The molecule has 0 radical (unpaired) electrons. The first-order valence-corrected chi connectivity index (χ1v) is 10.4. The van der Waals surface area contributed by atoms with Gasteiger partial charge in [0.1, 0.15) is 0 Å². The molecule has 1 saturated heterocycles. The van der Waals surface area contributed by atoms with Gasteiger partial charge in [0.25, 0.3) is 15.9 Å². The number of nitrogens with zero attached hydrogens (tertiary/aromatic N) is 1. The van der Waals surface area contributed by atoms with Crippen LogP contribution in [0.1, 0.15) is 29.3 Å². The number of rotatable bonds is 5. The molecule has 28 heavy (non-hydrogen) atoms. The second-order valence-corrected chi connectivity index (χ2v) is 9.14. The van der Waals surface area contributed by atoms with E-state index in [1.807, 2.05) is 6.92 Å². The van der Waals surface area contributed by atoms with E-state index in [1.165, 1.54) is 0 Å². The zero-order valence-corrected chi connectivity index (χ0v) is 17.6. The van der Waals surface area contributed by atoms with Crippen molar-refractivity contribution < 1.29 is 13.2 Å². The molecule has 2 aromatic carbocycles. The van der Waals surface area contributed by atoms with Crippen LogP contribution >= 0.6 is 12.4 Å². The standard InChI is InChI=1S/C20H25N3O3S.ClH/c1-15-7-9-16(10-8-15)27(25,26)22-18-6-4-3-5-17(18)19(24)23-12-11-20(2,13-21)14-23;/h3-10,22H,11-14,21H2,1-2H3;1H. The fourth-order valence-corrected chi connectivity index (χ4v) is 4.29. The molecule has 2 aromatic rings. The molecule has 1 amide bonds. The minimum atomic E-state index is -3.78. The molecular formula is C20H26ClN3O3S. The number of hydrogen-bond acceptors (Lipinski definition) is 4. The third-order valence-electron chi connectivity index (χ3n) is 5.07. The van der Waals surface area contributed by atoms with E-state index in [9.17, 15) is 13.2 Å². The highest BCUT2D eigenvalue weighted by molar-refractivity contribution is 7.92. The molecule has 6 nitrogen and oxygen atoms in total. The van der Waals surface area contributed by atoms with E-state index in [-0.39, 0.29) is 34.3 Å². The van der Waals surface area contributed by atoms with E-state index in [1.54, 1.807) is 53.4 Å². The molecule has 8 heteroatoms. The third-order valence-corrected chi connectivity index (χ3v) is 6.45. The number of aryl methyl sites for hydroxylation is 1. The fourth-order valence-electron chi connectivity index (χ4n) is 3.21. The smallest absolute Gasteiger partial charge is 0.261 e. The molecule has 0 saturated carbocycles. The number of carbonyl (C=O) groups excluding carboxylic acids is 1. The monoisotopic (exact) mass is 423 g/mol. The number of nitrogens with two attached hydrogens (primary N) is 1. The van der Waals surface area contributed by atoms with Gasteiger partial charge in [0.15, 0.2) is 0 Å². The number of halogens is 1. The number of sulfonamides is 1. The van der Waals surface area contributed by atoms with Crippen molar-refractivity contribution >= 4 is 34.0 Å². The van der Waals surface area contributed by atoms with Gasteiger partial charge in [0.05, 0.1) is 16.1 Å². The lowest BCUT2D eigenvalue weighted by molar-refractivity contribution is 0.0778. The Hall–Kier alpha value is -2.09. The van der Waals surface area contributed by atoms with Gasteiger partial charge in [-0.2, -0.15) is 0 Å². The quantitative estimate of drug-likeness (QED) is 0.773. The first-order chi connectivity index (χ1) is 12.7. The molecular weight excluding hydrogens is 398 g/mol. The molecule has 1 fully saturated rings. The maximum absolute atomic E-state index is 13.0. The summed E-state index contributed by atoms with van der Waals surface area (Å²) in [5, 5.41) is 0. The predicted molar refractivity (Wildman–Crippen MR) is 113 cm³/mol. The second-order valence-electron chi connectivity index (χ2n) is 7.46. The van der Waals surface area contributed by atoms with Crippen molar-refractivity contribution in [3.63, 3.8) is 0 Å². The van der Waals surface area contributed by atoms with E-state index < -0.39 is 10.0 Å². The maximum atomic E-state index is 13.0. The lowest BCUT2D eigenvalue weighted by Crippen LogP contribution is -2.34. The highest BCUT2D eigenvalue weighted by atomic mass is 35.5. The van der Waals surface area contributed by atoms with Crippen molar-refractivity contribution in [2.45, 2.75) is 25.2 Å². The fraction of sp³-hybridized carbons (Fsp3) is 0.350. The Morgan fingerprint density at radius 1 is 1.18 bits per heavy atom. The van der Waals surface area contributed by atoms with Gasteiger partial charge in [-0.25, -0.2) is 8.42 Å². The van der Waals surface area contributed by atoms with Gasteiger partial charge in [-0.15, -0.1) is 12.4 Å². The molecule has 0 aliphatic carbocycles. The van der Waals surface area contributed by atoms with Gasteiger partial charge >= 0.3 is 0 Å². The Morgan fingerprint density at radius 2 is 1.82 bits per heavy atom. The molecule has 152 valence electrons.